The lowest BCUT2D eigenvalue weighted by Gasteiger charge is -2.24. The number of hydrogen-bond donors (Lipinski definition) is 8. The van der Waals surface area contributed by atoms with Gasteiger partial charge in [-0.3, -0.25) is 33.6 Å². The Balaban J connectivity index is 3.18. The molecule has 0 spiro atoms. The Morgan fingerprint density at radius 1 is 0.800 bits per heavy atom. The molecular formula is C28H35N5O12. The molecule has 45 heavy (non-hydrogen) atoms. The third kappa shape index (κ3) is 8.42. The monoisotopic (exact) mass is 633 g/mol. The van der Waals surface area contributed by atoms with Crippen LogP contribution >= 0.6 is 0 Å². The van der Waals surface area contributed by atoms with Gasteiger partial charge in [-0.1, -0.05) is 13.8 Å². The average molecular weight is 634 g/mol. The van der Waals surface area contributed by atoms with Crippen molar-refractivity contribution in [1.82, 2.24) is 0 Å². The number of carboxylic acid groups (broad SMARTS) is 3. The highest BCUT2D eigenvalue weighted by atomic mass is 16.4. The first-order chi connectivity index (χ1) is 20.8. The molecule has 4 atom stereocenters. The van der Waals surface area contributed by atoms with Crippen LogP contribution in [-0.2, 0) is 19.2 Å². The molecule has 244 valence electrons. The smallest absolute Gasteiger partial charge is 0.341 e. The number of hydrogen-bond acceptors (Lipinski definition) is 13. The maximum atomic E-state index is 14.1. The predicted molar refractivity (Wildman–Crippen MR) is 157 cm³/mol. The lowest BCUT2D eigenvalue weighted by molar-refractivity contribution is -0.139. The summed E-state index contributed by atoms with van der Waals surface area (Å²) < 4.78 is 5.34. The first-order valence-electron chi connectivity index (χ1n) is 13.6. The average Bonchev–Trinajstić information content (AvgIpc) is 2.94. The van der Waals surface area contributed by atoms with Gasteiger partial charge in [0, 0.05) is 23.1 Å². The van der Waals surface area contributed by atoms with E-state index in [1.165, 1.54) is 6.92 Å². The van der Waals surface area contributed by atoms with Gasteiger partial charge in [0.05, 0.1) is 53.6 Å². The maximum Gasteiger partial charge on any atom is 0.341 e. The summed E-state index contributed by atoms with van der Waals surface area (Å²) in [7, 11) is 0. The molecule has 12 N–H and O–H groups in total. The minimum absolute atomic E-state index is 0.319. The van der Waals surface area contributed by atoms with E-state index in [-0.39, 0.29) is 5.56 Å². The van der Waals surface area contributed by atoms with Gasteiger partial charge < -0.3 is 48.0 Å². The minimum atomic E-state index is -1.77. The zero-order valence-electron chi connectivity index (χ0n) is 24.6. The fraction of sp³-hybridized carbons (Fsp3) is 0.429. The number of Topliss-reactive ketones (excluding diaryl/α,β-unsaturated/α-hetero) is 3. The second kappa shape index (κ2) is 14.8. The van der Waals surface area contributed by atoms with Crippen LogP contribution in [0.4, 0.5) is 5.69 Å². The Morgan fingerprint density at radius 2 is 1.36 bits per heavy atom. The second-order valence-electron chi connectivity index (χ2n) is 10.7. The van der Waals surface area contributed by atoms with Gasteiger partial charge in [0.15, 0.2) is 17.3 Å². The third-order valence-corrected chi connectivity index (χ3v) is 6.92. The van der Waals surface area contributed by atoms with E-state index in [1.54, 1.807) is 13.8 Å². The van der Waals surface area contributed by atoms with Crippen LogP contribution in [0.3, 0.4) is 0 Å². The first-order valence-corrected chi connectivity index (χ1v) is 13.6. The molecule has 0 bridgehead atoms. The van der Waals surface area contributed by atoms with E-state index in [0.717, 1.165) is 6.07 Å². The van der Waals surface area contributed by atoms with Crippen LogP contribution in [-0.4, -0.2) is 80.7 Å². The molecule has 0 radical (unpaired) electrons. The number of amides is 1. The fourth-order valence-electron chi connectivity index (χ4n) is 4.35. The number of rotatable bonds is 16. The van der Waals surface area contributed by atoms with E-state index in [4.69, 9.17) is 37.6 Å². The van der Waals surface area contributed by atoms with Crippen LogP contribution in [0, 0.1) is 12.8 Å². The van der Waals surface area contributed by atoms with Crippen LogP contribution in [0.5, 0.6) is 0 Å². The number of carboxylic acids is 3. The standard InChI is InChI=1S/C28H35N5O12/c1-9(2)22(32)26(42)21-19(25(41)12(29)4-5-16(34)35)11(24(40)13(30)7-17(36)37)6-15-20(21)23(10(3)28(44)45-15)33-27(43)14(31)8-18(38)39/h6,9,12-14,22H,4-5,7-8,29-32H2,1-3H3,(H,33,43)(H,34,35)(H,36,37)(H,38,39). The number of carbonyl (C=O) groups is 7. The number of nitrogens with two attached hydrogens (primary N) is 4. The quantitative estimate of drug-likeness (QED) is 0.0842. The number of ketones is 3. The number of aliphatic carboxylic acids is 3. The van der Waals surface area contributed by atoms with Crippen LogP contribution < -0.4 is 33.9 Å². The number of fused-ring (bicyclic) bond motifs is 1. The molecule has 1 amide bonds. The SMILES string of the molecule is Cc1c(NC(=O)C(N)CC(=O)O)c2c(C(=O)C(N)C(C)C)c(C(=O)C(N)CCC(=O)O)c(C(=O)C(N)CC(=O)O)cc2oc1=O. The third-order valence-electron chi connectivity index (χ3n) is 6.92. The van der Waals surface area contributed by atoms with Gasteiger partial charge in [0.2, 0.25) is 5.91 Å². The van der Waals surface area contributed by atoms with Crippen LogP contribution in [0.1, 0.15) is 76.2 Å². The van der Waals surface area contributed by atoms with Crippen molar-refractivity contribution in [2.24, 2.45) is 28.9 Å². The maximum absolute atomic E-state index is 14.1. The van der Waals surface area contributed by atoms with Gasteiger partial charge in [-0.2, -0.15) is 0 Å². The van der Waals surface area contributed by atoms with Gasteiger partial charge in [-0.05, 0) is 25.3 Å². The topological polar surface area (TPSA) is 326 Å². The fourth-order valence-corrected chi connectivity index (χ4v) is 4.35. The lowest BCUT2D eigenvalue weighted by Crippen LogP contribution is -2.41. The van der Waals surface area contributed by atoms with Crippen molar-refractivity contribution in [3.63, 3.8) is 0 Å². The number of nitrogens with one attached hydrogen (secondary N) is 1. The zero-order chi connectivity index (χ0) is 34.5. The predicted octanol–water partition coefficient (Wildman–Crippen LogP) is -0.633. The Kier molecular flexibility index (Phi) is 11.9. The number of anilines is 1. The van der Waals surface area contributed by atoms with Crippen molar-refractivity contribution in [2.45, 2.75) is 70.6 Å². The number of carbonyl (C=O) groups excluding carboxylic acids is 4. The summed E-state index contributed by atoms with van der Waals surface area (Å²) in [4.78, 5) is 101. The normalized spacial score (nSPS) is 14.0. The molecule has 0 saturated carbocycles. The molecule has 1 aromatic heterocycles. The lowest BCUT2D eigenvalue weighted by atomic mass is 9.82. The van der Waals surface area contributed by atoms with Gasteiger partial charge >= 0.3 is 23.5 Å². The van der Waals surface area contributed by atoms with Gasteiger partial charge in [-0.25, -0.2) is 4.79 Å². The van der Waals surface area contributed by atoms with Crippen molar-refractivity contribution in [3.05, 3.63) is 38.7 Å². The Hall–Kier alpha value is -4.84. The Labute approximate surface area is 254 Å². The molecule has 1 heterocycles. The van der Waals surface area contributed by atoms with E-state index in [2.05, 4.69) is 5.32 Å². The van der Waals surface area contributed by atoms with Crippen molar-refractivity contribution in [1.29, 1.82) is 0 Å². The summed E-state index contributed by atoms with van der Waals surface area (Å²) in [5, 5.41) is 29.3. The molecule has 1 aromatic carbocycles. The van der Waals surface area contributed by atoms with Crippen molar-refractivity contribution >= 4 is 57.8 Å². The Morgan fingerprint density at radius 3 is 1.87 bits per heavy atom. The van der Waals surface area contributed by atoms with Gasteiger partial charge in [0.25, 0.3) is 0 Å². The minimum Gasteiger partial charge on any atom is -0.481 e. The summed E-state index contributed by atoms with van der Waals surface area (Å²) in [6.07, 6.45) is -2.78. The highest BCUT2D eigenvalue weighted by molar-refractivity contribution is 6.26. The summed E-state index contributed by atoms with van der Waals surface area (Å²) in [5.41, 5.74) is 19.3. The van der Waals surface area contributed by atoms with E-state index in [0.29, 0.717) is 0 Å². The van der Waals surface area contributed by atoms with Crippen LogP contribution in [0.25, 0.3) is 11.0 Å². The summed E-state index contributed by atoms with van der Waals surface area (Å²) in [6, 6.07) is -5.56. The van der Waals surface area contributed by atoms with Crippen molar-refractivity contribution in [2.75, 3.05) is 5.32 Å². The molecule has 0 saturated heterocycles. The highest BCUT2D eigenvalue weighted by Crippen LogP contribution is 2.36. The van der Waals surface area contributed by atoms with E-state index in [9.17, 15) is 43.5 Å². The molecule has 2 aromatic rings. The Bertz CT molecular complexity index is 1630. The first kappa shape index (κ1) is 36.4. The molecule has 0 aliphatic heterocycles. The molecule has 17 heteroatoms. The molecule has 2 rings (SSSR count). The van der Waals surface area contributed by atoms with Gasteiger partial charge in [0.1, 0.15) is 5.58 Å². The van der Waals surface area contributed by atoms with Crippen molar-refractivity contribution < 1.29 is 53.3 Å². The highest BCUT2D eigenvalue weighted by Gasteiger charge is 2.36. The van der Waals surface area contributed by atoms with E-state index in [1.807, 2.05) is 0 Å². The molecule has 0 aliphatic rings. The second-order valence-corrected chi connectivity index (χ2v) is 10.7. The number of benzene rings is 1. The molecule has 17 nitrogen and oxygen atoms in total. The summed E-state index contributed by atoms with van der Waals surface area (Å²) >= 11 is 0. The molecular weight excluding hydrogens is 598 g/mol. The zero-order valence-corrected chi connectivity index (χ0v) is 24.6. The van der Waals surface area contributed by atoms with Crippen molar-refractivity contribution in [3.8, 4) is 0 Å². The van der Waals surface area contributed by atoms with E-state index >= 15 is 0 Å². The summed E-state index contributed by atoms with van der Waals surface area (Å²) in [6.45, 7) is 4.30. The summed E-state index contributed by atoms with van der Waals surface area (Å²) in [5.74, 6) is -9.21. The van der Waals surface area contributed by atoms with Gasteiger partial charge in [-0.15, -0.1) is 0 Å². The molecule has 0 aliphatic carbocycles. The molecule has 0 fully saturated rings. The van der Waals surface area contributed by atoms with Crippen LogP contribution in [0.2, 0.25) is 0 Å². The largest absolute Gasteiger partial charge is 0.481 e. The van der Waals surface area contributed by atoms with Crippen LogP contribution in [0.15, 0.2) is 15.3 Å². The van der Waals surface area contributed by atoms with E-state index < -0.39 is 136 Å². The molecule has 4 unspecified atom stereocenters.